The fourth-order valence-electron chi connectivity index (χ4n) is 3.12. The van der Waals surface area contributed by atoms with Gasteiger partial charge in [0.1, 0.15) is 12.7 Å². The zero-order valence-corrected chi connectivity index (χ0v) is 22.1. The topological polar surface area (TPSA) is 55.8 Å². The summed E-state index contributed by atoms with van der Waals surface area (Å²) in [7, 11) is -1.88. The van der Waals surface area contributed by atoms with Gasteiger partial charge in [-0.25, -0.2) is 0 Å². The molecule has 180 valence electrons. The Morgan fingerprint density at radius 1 is 0.800 bits per heavy atom. The van der Waals surface area contributed by atoms with Crippen LogP contribution in [0.25, 0.3) is 0 Å². The van der Waals surface area contributed by atoms with Crippen molar-refractivity contribution in [1.29, 1.82) is 0 Å². The van der Waals surface area contributed by atoms with E-state index in [1.807, 2.05) is 0 Å². The first-order chi connectivity index (χ1) is 14.1. The molecule has 1 unspecified atom stereocenters. The number of esters is 1. The van der Waals surface area contributed by atoms with Crippen LogP contribution in [0.2, 0.25) is 18.1 Å². The molecule has 0 aliphatic heterocycles. The lowest BCUT2D eigenvalue weighted by molar-refractivity contribution is -0.147. The minimum Gasteiger partial charge on any atom is -0.463 e. The molecule has 1 atom stereocenters. The van der Waals surface area contributed by atoms with Gasteiger partial charge in [-0.05, 0) is 24.6 Å². The maximum atomic E-state index is 11.8. The summed E-state index contributed by atoms with van der Waals surface area (Å²) in [6.45, 7) is 13.3. The van der Waals surface area contributed by atoms with E-state index in [0.717, 1.165) is 12.8 Å². The molecule has 0 radical (unpaired) electrons. The van der Waals surface area contributed by atoms with Gasteiger partial charge in [0.2, 0.25) is 0 Å². The number of rotatable bonds is 19. The standard InChI is InChI=1S/C25H52O4Si/c1-7-8-9-10-11-12-13-14-15-16-17-18-19-20-24(27)28-21-23(26)22-29-30(5,6)25(2,3)4/h23,26H,7-22H2,1-6H3. The Balaban J connectivity index is 3.51. The normalized spacial score (nSPS) is 13.4. The number of ether oxygens (including phenoxy) is 1. The molecule has 0 heterocycles. The summed E-state index contributed by atoms with van der Waals surface area (Å²) < 4.78 is 11.2. The summed E-state index contributed by atoms with van der Waals surface area (Å²) in [5.74, 6) is -0.204. The maximum absolute atomic E-state index is 11.8. The van der Waals surface area contributed by atoms with E-state index < -0.39 is 14.4 Å². The highest BCUT2D eigenvalue weighted by Crippen LogP contribution is 2.36. The average Bonchev–Trinajstić information content (AvgIpc) is 2.67. The summed E-state index contributed by atoms with van der Waals surface area (Å²) in [5.41, 5.74) is 0. The van der Waals surface area contributed by atoms with Gasteiger partial charge < -0.3 is 14.3 Å². The van der Waals surface area contributed by atoms with E-state index in [4.69, 9.17) is 9.16 Å². The SMILES string of the molecule is CCCCCCCCCCCCCCCC(=O)OCC(O)CO[Si](C)(C)C(C)(C)C. The minimum absolute atomic E-state index is 0.0336. The number of carbonyl (C=O) groups excluding carboxylic acids is 1. The third-order valence-electron chi connectivity index (χ3n) is 6.36. The Bertz CT molecular complexity index is 418. The molecule has 0 aromatic rings. The zero-order valence-electron chi connectivity index (χ0n) is 21.1. The van der Waals surface area contributed by atoms with Crippen LogP contribution in [-0.4, -0.2) is 38.7 Å². The van der Waals surface area contributed by atoms with Crippen LogP contribution in [0.3, 0.4) is 0 Å². The van der Waals surface area contributed by atoms with Crippen LogP contribution in [0.1, 0.15) is 118 Å². The van der Waals surface area contributed by atoms with Crippen molar-refractivity contribution in [3.05, 3.63) is 0 Å². The highest BCUT2D eigenvalue weighted by Gasteiger charge is 2.37. The third kappa shape index (κ3) is 16.3. The minimum atomic E-state index is -1.88. The number of aliphatic hydroxyl groups is 1. The van der Waals surface area contributed by atoms with Gasteiger partial charge in [0, 0.05) is 6.42 Å². The van der Waals surface area contributed by atoms with Gasteiger partial charge in [0.15, 0.2) is 8.32 Å². The average molecular weight is 445 g/mol. The highest BCUT2D eigenvalue weighted by molar-refractivity contribution is 6.74. The molecule has 30 heavy (non-hydrogen) atoms. The number of hydrogen-bond donors (Lipinski definition) is 1. The lowest BCUT2D eigenvalue weighted by Gasteiger charge is -2.36. The summed E-state index contributed by atoms with van der Waals surface area (Å²) >= 11 is 0. The van der Waals surface area contributed by atoms with Gasteiger partial charge in [-0.1, -0.05) is 105 Å². The zero-order chi connectivity index (χ0) is 22.9. The van der Waals surface area contributed by atoms with Crippen molar-refractivity contribution in [2.75, 3.05) is 13.2 Å². The molecule has 0 aromatic carbocycles. The molecular formula is C25H52O4Si. The summed E-state index contributed by atoms with van der Waals surface area (Å²) in [5, 5.41) is 10.1. The van der Waals surface area contributed by atoms with Crippen LogP contribution < -0.4 is 0 Å². The number of hydrogen-bond acceptors (Lipinski definition) is 4. The largest absolute Gasteiger partial charge is 0.463 e. The second-order valence-electron chi connectivity index (χ2n) is 10.4. The molecule has 0 bridgehead atoms. The molecule has 0 spiro atoms. The molecule has 0 aliphatic rings. The predicted molar refractivity (Wildman–Crippen MR) is 130 cm³/mol. The Hall–Kier alpha value is -0.393. The van der Waals surface area contributed by atoms with Crippen molar-refractivity contribution in [2.45, 2.75) is 142 Å². The second kappa shape index (κ2) is 17.2. The molecule has 4 nitrogen and oxygen atoms in total. The van der Waals surface area contributed by atoms with Crippen molar-refractivity contribution in [1.82, 2.24) is 0 Å². The van der Waals surface area contributed by atoms with Gasteiger partial charge in [-0.15, -0.1) is 0 Å². The molecule has 0 saturated carbocycles. The summed E-state index contributed by atoms with van der Waals surface area (Å²) in [6, 6.07) is 0. The summed E-state index contributed by atoms with van der Waals surface area (Å²) in [6.07, 6.45) is 16.5. The van der Waals surface area contributed by atoms with Gasteiger partial charge >= 0.3 is 5.97 Å². The molecule has 0 aliphatic carbocycles. The predicted octanol–water partition coefficient (Wildman–Crippen LogP) is 7.39. The van der Waals surface area contributed by atoms with Crippen molar-refractivity contribution in [3.63, 3.8) is 0 Å². The second-order valence-corrected chi connectivity index (χ2v) is 15.2. The van der Waals surface area contributed by atoms with Crippen LogP contribution in [0.15, 0.2) is 0 Å². The lowest BCUT2D eigenvalue weighted by Crippen LogP contribution is -2.43. The van der Waals surface area contributed by atoms with E-state index in [1.54, 1.807) is 0 Å². The number of unbranched alkanes of at least 4 members (excludes halogenated alkanes) is 12. The Morgan fingerprint density at radius 3 is 1.67 bits per heavy atom. The molecule has 0 fully saturated rings. The van der Waals surface area contributed by atoms with E-state index >= 15 is 0 Å². The summed E-state index contributed by atoms with van der Waals surface area (Å²) in [4.78, 5) is 11.8. The van der Waals surface area contributed by atoms with E-state index in [9.17, 15) is 9.90 Å². The molecule has 0 amide bonds. The fourth-order valence-corrected chi connectivity index (χ4v) is 4.16. The first-order valence-electron chi connectivity index (χ1n) is 12.6. The quantitative estimate of drug-likeness (QED) is 0.128. The van der Waals surface area contributed by atoms with Crippen molar-refractivity contribution < 1.29 is 19.1 Å². The lowest BCUT2D eigenvalue weighted by atomic mass is 10.0. The van der Waals surface area contributed by atoms with Crippen molar-refractivity contribution in [3.8, 4) is 0 Å². The monoisotopic (exact) mass is 444 g/mol. The van der Waals surface area contributed by atoms with E-state index in [0.29, 0.717) is 6.42 Å². The van der Waals surface area contributed by atoms with Crippen LogP contribution in [-0.2, 0) is 14.0 Å². The van der Waals surface area contributed by atoms with Crippen molar-refractivity contribution in [2.24, 2.45) is 0 Å². The molecule has 0 saturated heterocycles. The molecule has 0 rings (SSSR count). The number of carbonyl (C=O) groups is 1. The maximum Gasteiger partial charge on any atom is 0.305 e. The van der Waals surface area contributed by atoms with Crippen LogP contribution in [0.5, 0.6) is 0 Å². The van der Waals surface area contributed by atoms with Gasteiger partial charge in [-0.2, -0.15) is 0 Å². The Morgan fingerprint density at radius 2 is 1.23 bits per heavy atom. The van der Waals surface area contributed by atoms with Crippen LogP contribution in [0, 0.1) is 0 Å². The van der Waals surface area contributed by atoms with E-state index in [2.05, 4.69) is 40.8 Å². The van der Waals surface area contributed by atoms with Gasteiger partial charge in [0.25, 0.3) is 0 Å². The van der Waals surface area contributed by atoms with Crippen LogP contribution in [0.4, 0.5) is 0 Å². The van der Waals surface area contributed by atoms with E-state index in [1.165, 1.54) is 70.6 Å². The Kier molecular flexibility index (Phi) is 17.0. The smallest absolute Gasteiger partial charge is 0.305 e. The molecule has 0 aromatic heterocycles. The molecular weight excluding hydrogens is 392 g/mol. The van der Waals surface area contributed by atoms with Gasteiger partial charge in [-0.3, -0.25) is 4.79 Å². The molecule has 5 heteroatoms. The van der Waals surface area contributed by atoms with Gasteiger partial charge in [0.05, 0.1) is 6.61 Å². The Labute approximate surface area is 188 Å². The van der Waals surface area contributed by atoms with Crippen molar-refractivity contribution >= 4 is 14.3 Å². The molecule has 1 N–H and O–H groups in total. The number of aliphatic hydroxyl groups excluding tert-OH is 1. The first-order valence-corrected chi connectivity index (χ1v) is 15.5. The van der Waals surface area contributed by atoms with E-state index in [-0.39, 0.29) is 24.2 Å². The highest BCUT2D eigenvalue weighted by atomic mass is 28.4. The third-order valence-corrected chi connectivity index (χ3v) is 10.9. The fraction of sp³-hybridized carbons (Fsp3) is 0.960. The van der Waals surface area contributed by atoms with Crippen LogP contribution >= 0.6 is 0 Å². The first kappa shape index (κ1) is 29.6.